The van der Waals surface area contributed by atoms with Gasteiger partial charge in [-0.15, -0.1) is 0 Å². The van der Waals surface area contributed by atoms with Crippen molar-refractivity contribution in [3.8, 4) is 0 Å². The van der Waals surface area contributed by atoms with E-state index in [1.807, 2.05) is 48.6 Å². The number of carbonyl (C=O) groups is 2. The Kier molecular flexibility index (Phi) is 25.1. The summed E-state index contributed by atoms with van der Waals surface area (Å²) in [6, 6.07) is 43.8. The van der Waals surface area contributed by atoms with E-state index in [0.717, 1.165) is 99.8 Å². The van der Waals surface area contributed by atoms with Crippen molar-refractivity contribution in [2.75, 3.05) is 9.80 Å². The zero-order valence-electron chi connectivity index (χ0n) is 61.8. The summed E-state index contributed by atoms with van der Waals surface area (Å²) >= 11 is 0. The number of benzene rings is 6. The Hall–Kier alpha value is -8.88. The van der Waals surface area contributed by atoms with Gasteiger partial charge >= 0.3 is 0 Å². The van der Waals surface area contributed by atoms with Gasteiger partial charge in [0, 0.05) is 124 Å². The molecule has 0 aromatic heterocycles. The van der Waals surface area contributed by atoms with E-state index in [4.69, 9.17) is 0 Å². The quantitative estimate of drug-likeness (QED) is 0.0397. The zero-order chi connectivity index (χ0) is 70.5. The fourth-order valence-corrected chi connectivity index (χ4v) is 14.8. The van der Waals surface area contributed by atoms with Crippen LogP contribution in [0, 0.1) is 55.4 Å². The van der Waals surface area contributed by atoms with Gasteiger partial charge in [-0.25, -0.2) is 0 Å². The van der Waals surface area contributed by atoms with Crippen molar-refractivity contribution in [1.82, 2.24) is 0 Å². The summed E-state index contributed by atoms with van der Waals surface area (Å²) in [7, 11) is 0. The third-order valence-electron chi connectivity index (χ3n) is 20.3. The van der Waals surface area contributed by atoms with E-state index >= 15 is 0 Å². The van der Waals surface area contributed by atoms with Crippen LogP contribution < -0.4 is 20.0 Å². The summed E-state index contributed by atoms with van der Waals surface area (Å²) in [5.74, 6) is -0.690. The van der Waals surface area contributed by atoms with Crippen LogP contribution in [0.5, 0.6) is 0 Å². The standard InChI is InChI=1S/C46H56N2O2.C44H52N2O2/c1-9-13-15-37(11-3)47(41-27-17-31(5)29-33(41)7)39-23-19-35(20-24-39)43-45(49)44(46(43)50)36-21-25-40(26-22-36)48(38(12-4)16-14-10-2)42-28-18-32(6)30-34(42)8;1-9-11-13-33(7)45(39-25-15-29(3)27-31(39)5)37-21-17-35(18-22-37)41-43(47)42(44(41)48)36-19-23-38(24-20-36)46(34(8)14-12-10-2)40-26-16-30(4)28-32(40)6/h17-30,37-38H,9-16H2,1-8H3;15-28,33-34H,9-14H2,1-8H3. The van der Waals surface area contributed by atoms with Crippen molar-refractivity contribution >= 4 is 68.3 Å². The Bertz CT molecular complexity index is 4210. The maximum atomic E-state index is 13.6. The second-order valence-corrected chi connectivity index (χ2v) is 28.0. The summed E-state index contributed by atoms with van der Waals surface area (Å²) in [6.07, 6.45) is 31.7. The molecule has 4 aliphatic rings. The van der Waals surface area contributed by atoms with Gasteiger partial charge in [-0.3, -0.25) is 9.59 Å². The molecule has 6 aromatic carbocycles. The van der Waals surface area contributed by atoms with Crippen LogP contribution in [0.3, 0.4) is 0 Å². The molecular weight excluding hydrogens is 1200 g/mol. The first-order valence-corrected chi connectivity index (χ1v) is 36.7. The number of aryl methyl sites for hydroxylation is 8. The largest absolute Gasteiger partial charge is 0.871 e. The van der Waals surface area contributed by atoms with Gasteiger partial charge in [-0.1, -0.05) is 175 Å². The molecule has 0 aliphatic heterocycles. The maximum absolute atomic E-state index is 13.6. The lowest BCUT2D eigenvalue weighted by Crippen LogP contribution is -2.32. The van der Waals surface area contributed by atoms with E-state index in [2.05, 4.69) is 251 Å². The molecule has 4 atom stereocenters. The summed E-state index contributed by atoms with van der Waals surface area (Å²) in [6.45, 7) is 35.2. The first-order chi connectivity index (χ1) is 47.2. The third-order valence-corrected chi connectivity index (χ3v) is 20.3. The average molecular weight is 1310 g/mol. The van der Waals surface area contributed by atoms with Gasteiger partial charge in [-0.05, 0) is 208 Å². The molecule has 0 N–H and O–H groups in total. The second kappa shape index (κ2) is 33.6. The Labute approximate surface area is 588 Å². The SMILES string of the molecule is CCCCC(C)N(c1ccc(C2=C([O-])C(=C3C=CC(=[N+](c4ccc(C)cc4C)C(C)CCCC)C=C3)C2=O)cc1)c1ccc(C)cc1C.CCCCC(CC)N(c1ccc(C2=C([O-])C(=C3C=CC(=[N+](c4ccc(C)cc4C)C(CC)CCCC)C=C3)C2=O)cc1)c1ccc(C)cc1C. The fraction of sp³-hybridized carbons (Fsp3) is 0.378. The van der Waals surface area contributed by atoms with Gasteiger partial charge in [0.2, 0.25) is 22.8 Å². The van der Waals surface area contributed by atoms with Gasteiger partial charge in [0.05, 0.1) is 0 Å². The molecule has 0 spiro atoms. The average Bonchev–Trinajstić information content (AvgIpc) is 0.749. The molecule has 0 fully saturated rings. The Morgan fingerprint density at radius 3 is 1.17 bits per heavy atom. The second-order valence-electron chi connectivity index (χ2n) is 28.0. The van der Waals surface area contributed by atoms with Crippen LogP contribution in [0.25, 0.3) is 11.1 Å². The monoisotopic (exact) mass is 1310 g/mol. The summed E-state index contributed by atoms with van der Waals surface area (Å²) < 4.78 is 4.85. The molecule has 512 valence electrons. The number of unbranched alkanes of at least 4 members (excludes halogenated alkanes) is 4. The fourth-order valence-electron chi connectivity index (χ4n) is 14.8. The molecule has 98 heavy (non-hydrogen) atoms. The number of hydrogen-bond acceptors (Lipinski definition) is 6. The molecule has 4 unspecified atom stereocenters. The normalized spacial score (nSPS) is 15.5. The topological polar surface area (TPSA) is 92.8 Å². The van der Waals surface area contributed by atoms with Gasteiger partial charge in [-0.2, -0.15) is 9.15 Å². The first kappa shape index (κ1) is 73.4. The highest BCUT2D eigenvalue weighted by Crippen LogP contribution is 2.43. The highest BCUT2D eigenvalue weighted by molar-refractivity contribution is 6.40. The molecule has 0 saturated carbocycles. The summed E-state index contributed by atoms with van der Waals surface area (Å²) in [5.41, 5.74) is 22.9. The predicted molar refractivity (Wildman–Crippen MR) is 410 cm³/mol. The van der Waals surface area contributed by atoms with Crippen molar-refractivity contribution in [3.05, 3.63) is 259 Å². The predicted octanol–water partition coefficient (Wildman–Crippen LogP) is 20.9. The minimum absolute atomic E-state index is 0.170. The van der Waals surface area contributed by atoms with Crippen molar-refractivity contribution in [1.29, 1.82) is 0 Å². The van der Waals surface area contributed by atoms with Crippen LogP contribution in [0.1, 0.15) is 201 Å². The van der Waals surface area contributed by atoms with Crippen LogP contribution in [-0.4, -0.2) is 56.3 Å². The zero-order valence-corrected chi connectivity index (χ0v) is 61.8. The molecular formula is C90H108N4O4. The molecule has 0 amide bonds. The lowest BCUT2D eigenvalue weighted by atomic mass is 9.80. The number of ketones is 2. The van der Waals surface area contributed by atoms with Gasteiger partial charge in [0.1, 0.15) is 0 Å². The molecule has 10 rings (SSSR count). The lowest BCUT2D eigenvalue weighted by Gasteiger charge is -2.35. The van der Waals surface area contributed by atoms with Crippen LogP contribution >= 0.6 is 0 Å². The van der Waals surface area contributed by atoms with Crippen molar-refractivity contribution in [2.24, 2.45) is 0 Å². The molecule has 0 saturated heterocycles. The summed E-state index contributed by atoms with van der Waals surface area (Å²) in [5, 5.41) is 27.2. The Balaban J connectivity index is 0.000000229. The molecule has 0 heterocycles. The van der Waals surface area contributed by atoms with Crippen LogP contribution in [-0.2, 0) is 9.59 Å². The summed E-state index contributed by atoms with van der Waals surface area (Å²) in [4.78, 5) is 32.0. The van der Waals surface area contributed by atoms with E-state index in [1.54, 1.807) is 0 Å². The third kappa shape index (κ3) is 16.3. The van der Waals surface area contributed by atoms with Crippen LogP contribution in [0.4, 0.5) is 34.1 Å². The van der Waals surface area contributed by atoms with Crippen molar-refractivity contribution < 1.29 is 29.0 Å². The van der Waals surface area contributed by atoms with Gasteiger partial charge in [0.25, 0.3) is 0 Å². The Morgan fingerprint density at radius 1 is 0.388 bits per heavy atom. The number of nitrogens with zero attached hydrogens (tertiary/aromatic N) is 4. The first-order valence-electron chi connectivity index (χ1n) is 36.7. The minimum atomic E-state index is -0.175. The number of hydrogen-bond donors (Lipinski definition) is 0. The van der Waals surface area contributed by atoms with E-state index in [-0.39, 0.29) is 45.4 Å². The molecule has 6 aromatic rings. The molecule has 0 radical (unpaired) electrons. The Morgan fingerprint density at radius 2 is 0.765 bits per heavy atom. The van der Waals surface area contributed by atoms with E-state index < -0.39 is 0 Å². The lowest BCUT2D eigenvalue weighted by molar-refractivity contribution is -0.486. The van der Waals surface area contributed by atoms with Gasteiger partial charge < -0.3 is 20.0 Å². The molecule has 8 nitrogen and oxygen atoms in total. The highest BCUT2D eigenvalue weighted by atomic mass is 16.3. The minimum Gasteiger partial charge on any atom is -0.871 e. The number of carbonyl (C=O) groups excluding carboxylic acids is 2. The number of Topliss-reactive ketones (excluding diaryl/α,β-unsaturated/α-hetero) is 2. The van der Waals surface area contributed by atoms with Crippen LogP contribution in [0.15, 0.2) is 204 Å². The van der Waals surface area contributed by atoms with Crippen LogP contribution in [0.2, 0.25) is 0 Å². The molecule has 4 aliphatic carbocycles. The number of allylic oxidation sites excluding steroid dienone is 14. The van der Waals surface area contributed by atoms with E-state index in [0.29, 0.717) is 46.4 Å². The highest BCUT2D eigenvalue weighted by Gasteiger charge is 2.35. The van der Waals surface area contributed by atoms with E-state index in [9.17, 15) is 19.8 Å². The number of rotatable bonds is 26. The smallest absolute Gasteiger partial charge is 0.208 e. The number of anilines is 4. The molecule has 8 heteroatoms. The van der Waals surface area contributed by atoms with Crippen molar-refractivity contribution in [3.63, 3.8) is 0 Å². The molecule has 0 bridgehead atoms. The maximum Gasteiger partial charge on any atom is 0.208 e. The van der Waals surface area contributed by atoms with E-state index in [1.165, 1.54) is 80.1 Å². The van der Waals surface area contributed by atoms with Gasteiger partial charge in [0.15, 0.2) is 23.7 Å². The van der Waals surface area contributed by atoms with Crippen molar-refractivity contribution in [2.45, 2.75) is 225 Å².